The zero-order valence-corrected chi connectivity index (χ0v) is 22.6. The third-order valence-corrected chi connectivity index (χ3v) is 7.22. The van der Waals surface area contributed by atoms with Crippen LogP contribution in [-0.4, -0.2) is 48.5 Å². The van der Waals surface area contributed by atoms with E-state index in [-0.39, 0.29) is 6.61 Å². The number of rotatable bonds is 9. The number of hydrogen-bond acceptors (Lipinski definition) is 5. The van der Waals surface area contributed by atoms with E-state index in [2.05, 4.69) is 16.4 Å². The molecule has 1 aliphatic rings. The lowest BCUT2D eigenvalue weighted by Crippen LogP contribution is -2.24. The van der Waals surface area contributed by atoms with Gasteiger partial charge in [0.2, 0.25) is 0 Å². The molecule has 6 nitrogen and oxygen atoms in total. The van der Waals surface area contributed by atoms with Crippen LogP contribution in [0.2, 0.25) is 0 Å². The van der Waals surface area contributed by atoms with Crippen molar-refractivity contribution < 1.29 is 27.4 Å². The van der Waals surface area contributed by atoms with Gasteiger partial charge in [-0.05, 0) is 67.6 Å². The number of nitrogens with one attached hydrogen (secondary N) is 1. The fourth-order valence-electron chi connectivity index (χ4n) is 5.35. The smallest absolute Gasteiger partial charge is 0.406 e. The average Bonchev–Trinajstić information content (AvgIpc) is 3.49. The number of carbonyl (C=O) groups is 1. The molecule has 38 heavy (non-hydrogen) atoms. The highest BCUT2D eigenvalue weighted by atomic mass is 19.4. The summed E-state index contributed by atoms with van der Waals surface area (Å²) in [6, 6.07) is 9.36. The van der Waals surface area contributed by atoms with Crippen molar-refractivity contribution in [3.8, 4) is 11.3 Å². The third kappa shape index (κ3) is 6.21. The fraction of sp³-hybridized carbons (Fsp3) is 0.517. The van der Waals surface area contributed by atoms with Gasteiger partial charge in [-0.2, -0.15) is 13.2 Å². The molecule has 0 bridgehead atoms. The Morgan fingerprint density at radius 2 is 2.03 bits per heavy atom. The van der Waals surface area contributed by atoms with E-state index in [0.29, 0.717) is 34.8 Å². The number of methoxy groups -OCH3 is 1. The summed E-state index contributed by atoms with van der Waals surface area (Å²) in [7, 11) is 1.55. The average molecular weight is 532 g/mol. The molecule has 1 N–H and O–H groups in total. The minimum atomic E-state index is -4.44. The second kappa shape index (κ2) is 11.1. The Hall–Kier alpha value is -2.91. The quantitative estimate of drug-likeness (QED) is 0.334. The van der Waals surface area contributed by atoms with Crippen LogP contribution in [-0.2, 0) is 27.2 Å². The second-order valence-electron chi connectivity index (χ2n) is 10.9. The standard InChI is InChI=1S/C29H36F3N3O3/c1-18(37-5)26-22(7-6-11-34-26)27-24(14-28(3,4)17-38-19(2)36)23-13-20(21-10-12-33-15-21)8-9-25(23)35(27)16-29(30,31)32/h6-9,11,13,18,21,33H,10,12,14-17H2,1-5H3/t18-,21?/m0/s1. The van der Waals surface area contributed by atoms with E-state index in [1.807, 2.05) is 39.0 Å². The lowest BCUT2D eigenvalue weighted by Gasteiger charge is -2.25. The third-order valence-electron chi connectivity index (χ3n) is 7.22. The SMILES string of the molecule is CO[C@@H](C)c1ncccc1-c1c(CC(C)(C)COC(C)=O)c2cc(C3CCNC3)ccc2n1CC(F)(F)F. The summed E-state index contributed by atoms with van der Waals surface area (Å²) in [4.78, 5) is 16.1. The zero-order valence-electron chi connectivity index (χ0n) is 22.6. The molecule has 206 valence electrons. The Balaban J connectivity index is 2.01. The van der Waals surface area contributed by atoms with Gasteiger partial charge in [0.1, 0.15) is 6.54 Å². The minimum absolute atomic E-state index is 0.147. The van der Waals surface area contributed by atoms with Gasteiger partial charge in [0.15, 0.2) is 0 Å². The van der Waals surface area contributed by atoms with Crippen LogP contribution < -0.4 is 5.32 Å². The van der Waals surface area contributed by atoms with E-state index in [1.54, 1.807) is 19.4 Å². The summed E-state index contributed by atoms with van der Waals surface area (Å²) in [6.45, 7) is 7.87. The maximum Gasteiger partial charge on any atom is 0.406 e. The largest absolute Gasteiger partial charge is 0.465 e. The topological polar surface area (TPSA) is 65.4 Å². The molecule has 3 aromatic rings. The summed E-state index contributed by atoms with van der Waals surface area (Å²) in [5, 5.41) is 4.16. The number of esters is 1. The van der Waals surface area contributed by atoms with Gasteiger partial charge in [-0.1, -0.05) is 19.9 Å². The number of aromatic nitrogens is 2. The predicted molar refractivity (Wildman–Crippen MR) is 141 cm³/mol. The molecular formula is C29H36F3N3O3. The van der Waals surface area contributed by atoms with Gasteiger partial charge < -0.3 is 19.4 Å². The van der Waals surface area contributed by atoms with Crippen LogP contribution in [0.25, 0.3) is 22.2 Å². The van der Waals surface area contributed by atoms with E-state index < -0.39 is 30.2 Å². The minimum Gasteiger partial charge on any atom is -0.465 e. The summed E-state index contributed by atoms with van der Waals surface area (Å²) >= 11 is 0. The van der Waals surface area contributed by atoms with Gasteiger partial charge in [0.25, 0.3) is 0 Å². The number of fused-ring (bicyclic) bond motifs is 1. The van der Waals surface area contributed by atoms with Crippen molar-refractivity contribution in [1.82, 2.24) is 14.9 Å². The molecular weight excluding hydrogens is 495 g/mol. The Morgan fingerprint density at radius 3 is 2.66 bits per heavy atom. The van der Waals surface area contributed by atoms with E-state index in [4.69, 9.17) is 9.47 Å². The molecule has 9 heteroatoms. The van der Waals surface area contributed by atoms with Gasteiger partial charge in [0, 0.05) is 48.7 Å². The molecule has 0 saturated carbocycles. The van der Waals surface area contributed by atoms with Crippen molar-refractivity contribution in [2.45, 2.75) is 65.3 Å². The van der Waals surface area contributed by atoms with E-state index in [0.717, 1.165) is 36.0 Å². The van der Waals surface area contributed by atoms with Gasteiger partial charge in [-0.3, -0.25) is 9.78 Å². The van der Waals surface area contributed by atoms with Gasteiger partial charge in [-0.15, -0.1) is 0 Å². The van der Waals surface area contributed by atoms with Crippen LogP contribution in [0.4, 0.5) is 13.2 Å². The molecule has 0 spiro atoms. The fourth-order valence-corrected chi connectivity index (χ4v) is 5.35. The van der Waals surface area contributed by atoms with Crippen LogP contribution in [0.3, 0.4) is 0 Å². The Morgan fingerprint density at radius 1 is 1.26 bits per heavy atom. The number of ether oxygens (including phenoxy) is 2. The monoisotopic (exact) mass is 531 g/mol. The molecule has 1 saturated heterocycles. The predicted octanol–water partition coefficient (Wildman–Crippen LogP) is 6.18. The number of alkyl halides is 3. The van der Waals surface area contributed by atoms with E-state index in [1.165, 1.54) is 11.5 Å². The Kier molecular flexibility index (Phi) is 8.18. The molecule has 0 amide bonds. The van der Waals surface area contributed by atoms with Crippen LogP contribution in [0.15, 0.2) is 36.5 Å². The highest BCUT2D eigenvalue weighted by Crippen LogP contribution is 2.42. The highest BCUT2D eigenvalue weighted by Gasteiger charge is 2.34. The normalized spacial score (nSPS) is 17.2. The molecule has 0 radical (unpaired) electrons. The molecule has 1 aromatic carbocycles. The van der Waals surface area contributed by atoms with Crippen LogP contribution in [0.1, 0.15) is 63.0 Å². The van der Waals surface area contributed by atoms with E-state index in [9.17, 15) is 18.0 Å². The molecule has 2 atom stereocenters. The first-order chi connectivity index (χ1) is 17.9. The van der Waals surface area contributed by atoms with Crippen LogP contribution >= 0.6 is 0 Å². The second-order valence-corrected chi connectivity index (χ2v) is 10.9. The molecule has 0 aliphatic carbocycles. The zero-order chi connectivity index (χ0) is 27.7. The number of nitrogens with zero attached hydrogens (tertiary/aromatic N) is 2. The van der Waals surface area contributed by atoms with Gasteiger partial charge in [-0.25, -0.2) is 0 Å². The first-order valence-corrected chi connectivity index (χ1v) is 12.9. The van der Waals surface area contributed by atoms with Crippen LogP contribution in [0, 0.1) is 5.41 Å². The molecule has 4 rings (SSSR count). The molecule has 1 aliphatic heterocycles. The molecule has 2 aromatic heterocycles. The highest BCUT2D eigenvalue weighted by molar-refractivity contribution is 5.93. The number of pyridine rings is 1. The number of hydrogen-bond donors (Lipinski definition) is 1. The molecule has 1 fully saturated rings. The summed E-state index contributed by atoms with van der Waals surface area (Å²) in [6.07, 6.45) is -1.85. The molecule has 3 heterocycles. The first kappa shape index (κ1) is 28.1. The lowest BCUT2D eigenvalue weighted by molar-refractivity contribution is -0.144. The van der Waals surface area contributed by atoms with Crippen molar-refractivity contribution in [2.75, 3.05) is 26.8 Å². The van der Waals surface area contributed by atoms with Crippen molar-refractivity contribution >= 4 is 16.9 Å². The maximum absolute atomic E-state index is 14.0. The van der Waals surface area contributed by atoms with Crippen molar-refractivity contribution in [3.63, 3.8) is 0 Å². The van der Waals surface area contributed by atoms with Crippen molar-refractivity contribution in [3.05, 3.63) is 53.3 Å². The number of carbonyl (C=O) groups excluding carboxylic acids is 1. The summed E-state index contributed by atoms with van der Waals surface area (Å²) < 4.78 is 54.4. The summed E-state index contributed by atoms with van der Waals surface area (Å²) in [5.41, 5.74) is 3.52. The number of benzene rings is 1. The van der Waals surface area contributed by atoms with Crippen molar-refractivity contribution in [2.24, 2.45) is 5.41 Å². The Bertz CT molecular complexity index is 1290. The maximum atomic E-state index is 14.0. The Labute approximate surface area is 221 Å². The van der Waals surface area contributed by atoms with Gasteiger partial charge in [0.05, 0.1) is 24.1 Å². The van der Waals surface area contributed by atoms with Crippen LogP contribution in [0.5, 0.6) is 0 Å². The van der Waals surface area contributed by atoms with Gasteiger partial charge >= 0.3 is 12.1 Å². The first-order valence-electron chi connectivity index (χ1n) is 12.9. The molecule has 1 unspecified atom stereocenters. The summed E-state index contributed by atoms with van der Waals surface area (Å²) in [5.74, 6) is -0.0875. The van der Waals surface area contributed by atoms with E-state index >= 15 is 0 Å². The van der Waals surface area contributed by atoms with Crippen molar-refractivity contribution in [1.29, 1.82) is 0 Å². The lowest BCUT2D eigenvalue weighted by atomic mass is 9.84. The number of halogens is 3.